The van der Waals surface area contributed by atoms with Crippen LogP contribution in [0.15, 0.2) is 41.2 Å². The molecule has 0 spiro atoms. The molecule has 4 rings (SSSR count). The highest BCUT2D eigenvalue weighted by Gasteiger charge is 2.30. The van der Waals surface area contributed by atoms with Crippen LogP contribution >= 0.6 is 11.6 Å². The van der Waals surface area contributed by atoms with Gasteiger partial charge < -0.3 is 19.3 Å². The van der Waals surface area contributed by atoms with Crippen LogP contribution in [-0.2, 0) is 13.5 Å². The van der Waals surface area contributed by atoms with Crippen molar-refractivity contribution in [3.63, 3.8) is 0 Å². The SMILES string of the molecule is COc1cc2c(O)c(C(=O)N3CCc4ccccc43)c(=O)n(C)c2cc1Cl. The summed E-state index contributed by atoms with van der Waals surface area (Å²) in [6.45, 7) is 0.461. The Morgan fingerprint density at radius 3 is 2.74 bits per heavy atom. The summed E-state index contributed by atoms with van der Waals surface area (Å²) in [6, 6.07) is 10.6. The van der Waals surface area contributed by atoms with Crippen LogP contribution in [0.5, 0.6) is 11.5 Å². The molecule has 1 N–H and O–H groups in total. The Balaban J connectivity index is 1.93. The van der Waals surface area contributed by atoms with Crippen molar-refractivity contribution in [1.29, 1.82) is 0 Å². The molecule has 1 aliphatic heterocycles. The second kappa shape index (κ2) is 6.32. The molecule has 0 atom stereocenters. The Hall–Kier alpha value is -2.99. The highest BCUT2D eigenvalue weighted by Crippen LogP contribution is 2.36. The topological polar surface area (TPSA) is 71.8 Å². The number of carbonyl (C=O) groups is 1. The molecule has 2 aromatic carbocycles. The number of pyridine rings is 1. The zero-order valence-electron chi connectivity index (χ0n) is 14.8. The van der Waals surface area contributed by atoms with E-state index < -0.39 is 11.5 Å². The first-order valence-electron chi connectivity index (χ1n) is 8.43. The van der Waals surface area contributed by atoms with Crippen molar-refractivity contribution in [3.05, 3.63) is 62.9 Å². The number of anilines is 1. The van der Waals surface area contributed by atoms with Gasteiger partial charge >= 0.3 is 0 Å². The third kappa shape index (κ3) is 2.56. The number of methoxy groups -OCH3 is 1. The molecular formula is C20H17ClN2O4. The molecule has 0 aliphatic carbocycles. The Bertz CT molecular complexity index is 1150. The molecule has 2 heterocycles. The fourth-order valence-corrected chi connectivity index (χ4v) is 3.79. The number of fused-ring (bicyclic) bond motifs is 2. The number of aryl methyl sites for hydroxylation is 1. The summed E-state index contributed by atoms with van der Waals surface area (Å²) in [6.07, 6.45) is 0.708. The van der Waals surface area contributed by atoms with Gasteiger partial charge in [0.05, 0.1) is 17.6 Å². The van der Waals surface area contributed by atoms with E-state index in [1.807, 2.05) is 24.3 Å². The maximum atomic E-state index is 13.2. The van der Waals surface area contributed by atoms with E-state index in [9.17, 15) is 14.7 Å². The molecule has 0 fully saturated rings. The number of carbonyl (C=O) groups excluding carboxylic acids is 1. The highest BCUT2D eigenvalue weighted by molar-refractivity contribution is 6.33. The molecule has 0 bridgehead atoms. The zero-order valence-corrected chi connectivity index (χ0v) is 15.6. The van der Waals surface area contributed by atoms with Crippen molar-refractivity contribution in [2.24, 2.45) is 7.05 Å². The fourth-order valence-electron chi connectivity index (χ4n) is 3.56. The van der Waals surface area contributed by atoms with Gasteiger partial charge in [0.15, 0.2) is 0 Å². The van der Waals surface area contributed by atoms with E-state index in [-0.39, 0.29) is 11.3 Å². The van der Waals surface area contributed by atoms with Crippen LogP contribution in [0.25, 0.3) is 10.9 Å². The molecule has 0 saturated heterocycles. The summed E-state index contributed by atoms with van der Waals surface area (Å²) in [4.78, 5) is 27.6. The number of nitrogens with zero attached hydrogens (tertiary/aromatic N) is 2. The van der Waals surface area contributed by atoms with E-state index in [1.54, 1.807) is 7.05 Å². The van der Waals surface area contributed by atoms with Crippen molar-refractivity contribution >= 4 is 34.1 Å². The molecule has 1 amide bonds. The van der Waals surface area contributed by atoms with E-state index in [1.165, 1.54) is 28.7 Å². The smallest absolute Gasteiger partial charge is 0.267 e. The van der Waals surface area contributed by atoms with Crippen LogP contribution in [0.1, 0.15) is 15.9 Å². The van der Waals surface area contributed by atoms with E-state index >= 15 is 0 Å². The Morgan fingerprint density at radius 2 is 2.00 bits per heavy atom. The quantitative estimate of drug-likeness (QED) is 0.737. The molecule has 3 aromatic rings. The zero-order chi connectivity index (χ0) is 19.3. The minimum Gasteiger partial charge on any atom is -0.506 e. The molecule has 7 heteroatoms. The molecule has 1 aliphatic rings. The van der Waals surface area contributed by atoms with Gasteiger partial charge in [0.2, 0.25) is 0 Å². The largest absolute Gasteiger partial charge is 0.506 e. The van der Waals surface area contributed by atoms with Crippen LogP contribution in [0.3, 0.4) is 0 Å². The van der Waals surface area contributed by atoms with Gasteiger partial charge in [-0.15, -0.1) is 0 Å². The van der Waals surface area contributed by atoms with Gasteiger partial charge in [0, 0.05) is 24.7 Å². The van der Waals surface area contributed by atoms with Gasteiger partial charge in [-0.2, -0.15) is 0 Å². The molecule has 0 radical (unpaired) electrons. The maximum absolute atomic E-state index is 13.2. The van der Waals surface area contributed by atoms with Gasteiger partial charge in [-0.25, -0.2) is 0 Å². The highest BCUT2D eigenvalue weighted by atomic mass is 35.5. The lowest BCUT2D eigenvalue weighted by atomic mass is 10.1. The number of rotatable bonds is 2. The number of aromatic hydroxyl groups is 1. The monoisotopic (exact) mass is 384 g/mol. The summed E-state index contributed by atoms with van der Waals surface area (Å²) in [5, 5.41) is 11.4. The summed E-state index contributed by atoms with van der Waals surface area (Å²) in [5.41, 5.74) is 1.39. The molecule has 0 unspecified atom stereocenters. The third-order valence-corrected chi connectivity index (χ3v) is 5.28. The number of halogens is 1. The standard InChI is InChI=1S/C20H17ClN2O4/c1-22-15-10-13(21)16(27-2)9-12(15)18(24)17(19(22)25)20(26)23-8-7-11-5-3-4-6-14(11)23/h3-6,9-10,24H,7-8H2,1-2H3. The normalized spacial score (nSPS) is 13.1. The van der Waals surface area contributed by atoms with Crippen LogP contribution in [-0.4, -0.2) is 29.2 Å². The van der Waals surface area contributed by atoms with Crippen LogP contribution in [0.4, 0.5) is 5.69 Å². The number of hydrogen-bond donors (Lipinski definition) is 1. The first kappa shape index (κ1) is 17.4. The molecule has 0 saturated carbocycles. The van der Waals surface area contributed by atoms with Crippen LogP contribution < -0.4 is 15.2 Å². The number of amides is 1. The number of para-hydroxylation sites is 1. The van der Waals surface area contributed by atoms with Gasteiger partial charge in [-0.3, -0.25) is 9.59 Å². The number of aromatic nitrogens is 1. The average molecular weight is 385 g/mol. The van der Waals surface area contributed by atoms with Gasteiger partial charge in [0.1, 0.15) is 17.1 Å². The average Bonchev–Trinajstić information content (AvgIpc) is 3.10. The van der Waals surface area contributed by atoms with Gasteiger partial charge in [0.25, 0.3) is 11.5 Å². The van der Waals surface area contributed by atoms with Crippen molar-refractivity contribution < 1.29 is 14.6 Å². The molecule has 6 nitrogen and oxygen atoms in total. The van der Waals surface area contributed by atoms with Crippen molar-refractivity contribution in [2.75, 3.05) is 18.6 Å². The lowest BCUT2D eigenvalue weighted by molar-refractivity contribution is 0.0985. The Morgan fingerprint density at radius 1 is 1.26 bits per heavy atom. The predicted octanol–water partition coefficient (Wildman–Crippen LogP) is 3.11. The lowest BCUT2D eigenvalue weighted by Crippen LogP contribution is -2.35. The van der Waals surface area contributed by atoms with Gasteiger partial charge in [-0.05, 0) is 30.2 Å². The van der Waals surface area contributed by atoms with Crippen LogP contribution in [0.2, 0.25) is 5.02 Å². The Labute approximate surface area is 160 Å². The van der Waals surface area contributed by atoms with Crippen molar-refractivity contribution in [1.82, 2.24) is 4.57 Å². The van der Waals surface area contributed by atoms with Crippen molar-refractivity contribution in [2.45, 2.75) is 6.42 Å². The fraction of sp³-hybridized carbons (Fsp3) is 0.200. The molecular weight excluding hydrogens is 368 g/mol. The minimum absolute atomic E-state index is 0.258. The third-order valence-electron chi connectivity index (χ3n) is 4.99. The predicted molar refractivity (Wildman–Crippen MR) is 104 cm³/mol. The van der Waals surface area contributed by atoms with E-state index in [4.69, 9.17) is 16.3 Å². The molecule has 1 aromatic heterocycles. The first-order valence-corrected chi connectivity index (χ1v) is 8.80. The van der Waals surface area contributed by atoms with Crippen molar-refractivity contribution in [3.8, 4) is 11.5 Å². The number of hydrogen-bond acceptors (Lipinski definition) is 4. The number of benzene rings is 2. The summed E-state index contributed by atoms with van der Waals surface area (Å²) < 4.78 is 6.51. The lowest BCUT2D eigenvalue weighted by Gasteiger charge is -2.19. The second-order valence-corrected chi connectivity index (χ2v) is 6.83. The summed E-state index contributed by atoms with van der Waals surface area (Å²) in [5.74, 6) is -0.533. The Kier molecular flexibility index (Phi) is 4.08. The number of ether oxygens (including phenoxy) is 1. The van der Waals surface area contributed by atoms with E-state index in [2.05, 4.69) is 0 Å². The summed E-state index contributed by atoms with van der Waals surface area (Å²) >= 11 is 6.14. The minimum atomic E-state index is -0.574. The maximum Gasteiger partial charge on any atom is 0.267 e. The van der Waals surface area contributed by atoms with Gasteiger partial charge in [-0.1, -0.05) is 29.8 Å². The first-order chi connectivity index (χ1) is 12.9. The molecule has 27 heavy (non-hydrogen) atoms. The van der Waals surface area contributed by atoms with E-state index in [0.717, 1.165) is 11.3 Å². The second-order valence-electron chi connectivity index (χ2n) is 6.43. The summed E-state index contributed by atoms with van der Waals surface area (Å²) in [7, 11) is 3.00. The molecule has 138 valence electrons. The van der Waals surface area contributed by atoms with E-state index in [0.29, 0.717) is 34.6 Å². The van der Waals surface area contributed by atoms with Crippen LogP contribution in [0, 0.1) is 0 Å².